The molecule has 4 rings (SSSR count). The van der Waals surface area contributed by atoms with Crippen LogP contribution in [0.1, 0.15) is 86.5 Å². The SMILES string of the molecule is CO[C@@H]1[C@@H](O[C@@H]2OC(C)[C@@H](O[C@H]3CC(C)(O)[C@@H](O)C(C)O3)C(N(C)C)C2O)[C@@H](CC=O)C[C@@H](C)[C@@H](OC2CC[C@H](N(C)C)C(C)O2)/C=C/C=C/C[C@@H](C)OC(=O)C[C@H]1O. The van der Waals surface area contributed by atoms with E-state index in [2.05, 4.69) is 4.90 Å². The maximum absolute atomic E-state index is 13.1. The molecule has 0 radical (unpaired) electrons. The maximum Gasteiger partial charge on any atom is 0.308 e. The Morgan fingerprint density at radius 3 is 2.17 bits per heavy atom. The van der Waals surface area contributed by atoms with Crippen molar-refractivity contribution in [2.75, 3.05) is 35.3 Å². The summed E-state index contributed by atoms with van der Waals surface area (Å²) in [5, 5.41) is 45.1. The summed E-state index contributed by atoms with van der Waals surface area (Å²) < 4.78 is 50.0. The molecule has 4 aliphatic rings. The smallest absolute Gasteiger partial charge is 0.308 e. The zero-order valence-corrected chi connectivity index (χ0v) is 37.0. The molecule has 4 aliphatic heterocycles. The highest BCUT2D eigenvalue weighted by Gasteiger charge is 2.52. The number of allylic oxidation sites excluding steroid dienone is 2. The third-order valence-corrected chi connectivity index (χ3v) is 12.4. The van der Waals surface area contributed by atoms with Crippen LogP contribution in [0, 0.1) is 11.8 Å². The fraction of sp³-hybridized carbons (Fsp3) is 0.860. The van der Waals surface area contributed by atoms with Crippen molar-refractivity contribution >= 4 is 12.3 Å². The van der Waals surface area contributed by atoms with E-state index in [9.17, 15) is 30.0 Å². The molecule has 0 amide bonds. The molecule has 0 aromatic heterocycles. The Kier molecular flexibility index (Phi) is 18.9. The molecule has 16 nitrogen and oxygen atoms in total. The number of hydrogen-bond donors (Lipinski definition) is 4. The van der Waals surface area contributed by atoms with Crippen LogP contribution in [0.25, 0.3) is 0 Å². The second-order valence-corrected chi connectivity index (χ2v) is 17.8. The summed E-state index contributed by atoms with van der Waals surface area (Å²) >= 11 is 0. The van der Waals surface area contributed by atoms with Crippen LogP contribution < -0.4 is 0 Å². The van der Waals surface area contributed by atoms with Crippen molar-refractivity contribution in [1.29, 1.82) is 0 Å². The van der Waals surface area contributed by atoms with Gasteiger partial charge in [-0.25, -0.2) is 0 Å². The summed E-state index contributed by atoms with van der Waals surface area (Å²) in [6.45, 7) is 10.8. The normalized spacial score (nSPS) is 45.8. The summed E-state index contributed by atoms with van der Waals surface area (Å²) in [6.07, 6.45) is -1.56. The average molecular weight is 843 g/mol. The summed E-state index contributed by atoms with van der Waals surface area (Å²) in [6, 6.07) is -0.466. The van der Waals surface area contributed by atoms with Crippen molar-refractivity contribution in [2.24, 2.45) is 11.8 Å². The molecular weight excluding hydrogens is 768 g/mol. The standard InChI is InChI=1S/C43H74N2O14/c1-24-21-29(19-20-46)39(59-42-37(49)36(45(9)10)38(27(4)56-42)58-35-23-43(6,51)41(50)28(5)55-35)40(52-11)31(47)22-33(48)53-25(2)15-13-12-14-16-32(24)57-34-18-17-30(44(7)8)26(3)54-34/h12-14,16,20,24-32,34-42,47,49-51H,15,17-19,21-23H2,1-11H3/b13-12+,16-14+/t24-,25-,26?,27?,28?,29+,30+,31-,32+,34?,35+,36?,37?,38-,39+,40+,41+,42+,43?/m1/s1. The van der Waals surface area contributed by atoms with Crippen molar-refractivity contribution in [3.63, 3.8) is 0 Å². The van der Waals surface area contributed by atoms with Gasteiger partial charge in [0.2, 0.25) is 0 Å². The number of carbonyl (C=O) groups is 2. The van der Waals surface area contributed by atoms with E-state index in [0.29, 0.717) is 19.3 Å². The quantitative estimate of drug-likeness (QED) is 0.175. The molecule has 16 heteroatoms. The van der Waals surface area contributed by atoms with Gasteiger partial charge in [0.25, 0.3) is 0 Å². The lowest BCUT2D eigenvalue weighted by Crippen LogP contribution is -2.65. The number of cyclic esters (lactones) is 1. The lowest BCUT2D eigenvalue weighted by atomic mass is 9.82. The molecule has 3 fully saturated rings. The van der Waals surface area contributed by atoms with Crippen LogP contribution in [-0.4, -0.2) is 181 Å². The summed E-state index contributed by atoms with van der Waals surface area (Å²) in [4.78, 5) is 29.5. The monoisotopic (exact) mass is 843 g/mol. The predicted molar refractivity (Wildman–Crippen MR) is 217 cm³/mol. The molecule has 340 valence electrons. The van der Waals surface area contributed by atoms with Crippen molar-refractivity contribution in [2.45, 2.75) is 190 Å². The van der Waals surface area contributed by atoms with E-state index in [-0.39, 0.29) is 30.9 Å². The van der Waals surface area contributed by atoms with E-state index in [1.54, 1.807) is 39.8 Å². The number of hydrogen-bond acceptors (Lipinski definition) is 16. The summed E-state index contributed by atoms with van der Waals surface area (Å²) in [7, 11) is 9.03. The van der Waals surface area contributed by atoms with Gasteiger partial charge in [0.1, 0.15) is 36.8 Å². The molecule has 7 unspecified atom stereocenters. The van der Waals surface area contributed by atoms with Gasteiger partial charge in [0.15, 0.2) is 18.9 Å². The van der Waals surface area contributed by atoms with Crippen LogP contribution in [0.5, 0.6) is 0 Å². The first kappa shape index (κ1) is 49.8. The summed E-state index contributed by atoms with van der Waals surface area (Å²) in [5.41, 5.74) is -1.47. The van der Waals surface area contributed by atoms with Gasteiger partial charge >= 0.3 is 5.97 Å². The number of aldehydes is 1. The molecule has 0 saturated carbocycles. The first-order valence-electron chi connectivity index (χ1n) is 21.3. The fourth-order valence-corrected chi connectivity index (χ4v) is 9.10. The summed E-state index contributed by atoms with van der Waals surface area (Å²) in [5.74, 6) is -1.47. The minimum Gasteiger partial charge on any atom is -0.462 e. The molecular formula is C43H74N2O14. The van der Waals surface area contributed by atoms with Crippen LogP contribution >= 0.6 is 0 Å². The Morgan fingerprint density at radius 2 is 1.56 bits per heavy atom. The van der Waals surface area contributed by atoms with Crippen molar-refractivity contribution in [3.05, 3.63) is 24.3 Å². The van der Waals surface area contributed by atoms with Crippen molar-refractivity contribution < 1.29 is 67.9 Å². The number of ether oxygens (including phenoxy) is 8. The van der Waals surface area contributed by atoms with Crippen molar-refractivity contribution in [3.8, 4) is 0 Å². The van der Waals surface area contributed by atoms with Crippen LogP contribution in [0.4, 0.5) is 0 Å². The molecule has 4 heterocycles. The third kappa shape index (κ3) is 13.3. The first-order chi connectivity index (χ1) is 27.8. The van der Waals surface area contributed by atoms with E-state index < -0.39 is 110 Å². The second kappa shape index (κ2) is 22.5. The number of likely N-dealkylation sites (N-methyl/N-ethyl adjacent to an activating group) is 2. The zero-order chi connectivity index (χ0) is 43.8. The first-order valence-corrected chi connectivity index (χ1v) is 21.3. The van der Waals surface area contributed by atoms with Gasteiger partial charge in [-0.05, 0) is 93.9 Å². The molecule has 19 atom stereocenters. The van der Waals surface area contributed by atoms with Gasteiger partial charge in [-0.2, -0.15) is 0 Å². The average Bonchev–Trinajstić information content (AvgIpc) is 3.13. The Labute approximate surface area is 351 Å². The van der Waals surface area contributed by atoms with Gasteiger partial charge in [-0.3, -0.25) is 4.79 Å². The second-order valence-electron chi connectivity index (χ2n) is 17.8. The largest absolute Gasteiger partial charge is 0.462 e. The number of nitrogens with zero attached hydrogens (tertiary/aromatic N) is 2. The van der Waals surface area contributed by atoms with Gasteiger partial charge in [-0.15, -0.1) is 0 Å². The Bertz CT molecular complexity index is 1370. The highest BCUT2D eigenvalue weighted by Crippen LogP contribution is 2.37. The zero-order valence-electron chi connectivity index (χ0n) is 37.0. The molecule has 0 spiro atoms. The van der Waals surface area contributed by atoms with E-state index >= 15 is 0 Å². The van der Waals surface area contributed by atoms with Gasteiger partial charge in [0.05, 0.1) is 54.7 Å². The predicted octanol–water partition coefficient (Wildman–Crippen LogP) is 2.33. The third-order valence-electron chi connectivity index (χ3n) is 12.4. The molecule has 0 aromatic carbocycles. The van der Waals surface area contributed by atoms with E-state index in [1.807, 2.05) is 52.2 Å². The Hall–Kier alpha value is -1.90. The van der Waals surface area contributed by atoms with E-state index in [1.165, 1.54) is 14.0 Å². The molecule has 3 saturated heterocycles. The molecule has 59 heavy (non-hydrogen) atoms. The van der Waals surface area contributed by atoms with Crippen LogP contribution in [0.3, 0.4) is 0 Å². The van der Waals surface area contributed by atoms with E-state index in [4.69, 9.17) is 37.9 Å². The number of rotatable bonds is 11. The Morgan fingerprint density at radius 1 is 0.864 bits per heavy atom. The van der Waals surface area contributed by atoms with Gasteiger partial charge in [0, 0.05) is 32.4 Å². The highest BCUT2D eigenvalue weighted by molar-refractivity contribution is 5.70. The molecule has 4 N–H and O–H groups in total. The lowest BCUT2D eigenvalue weighted by molar-refractivity contribution is -0.344. The molecule has 0 bridgehead atoms. The number of carbonyl (C=O) groups excluding carboxylic acids is 2. The maximum atomic E-state index is 13.1. The number of aliphatic hydroxyl groups is 4. The van der Waals surface area contributed by atoms with Crippen LogP contribution in [-0.2, 0) is 47.5 Å². The number of methoxy groups -OCH3 is 1. The minimum atomic E-state index is -1.47. The van der Waals surface area contributed by atoms with Gasteiger partial charge in [-0.1, -0.05) is 31.2 Å². The van der Waals surface area contributed by atoms with E-state index in [0.717, 1.165) is 12.7 Å². The molecule has 0 aromatic rings. The van der Waals surface area contributed by atoms with Crippen molar-refractivity contribution in [1.82, 2.24) is 9.80 Å². The minimum absolute atomic E-state index is 0.00885. The van der Waals surface area contributed by atoms with Crippen LogP contribution in [0.15, 0.2) is 24.3 Å². The number of aliphatic hydroxyl groups excluding tert-OH is 3. The highest BCUT2D eigenvalue weighted by atomic mass is 16.7. The number of esters is 1. The Balaban J connectivity index is 1.66. The van der Waals surface area contributed by atoms with Gasteiger partial charge < -0.3 is 72.9 Å². The van der Waals surface area contributed by atoms with Crippen LogP contribution in [0.2, 0.25) is 0 Å². The topological polar surface area (TPSA) is 195 Å². The fourth-order valence-electron chi connectivity index (χ4n) is 9.10. The lowest BCUT2D eigenvalue weighted by Gasteiger charge is -2.50. The molecule has 0 aliphatic carbocycles.